The standard InChI is InChI=1S/C29H39N3O5/c1-4-28-30-12-14-32(28)13-5-16-36-26-11-8-24(18-27(26)34-3)19-31-15-17-35-21-29(33,20-31)22-37-25-9-6-23(2)7-10-25/h6-12,14,18,33H,4-5,13,15-17,19-22H2,1-3H3. The summed E-state index contributed by atoms with van der Waals surface area (Å²) in [6, 6.07) is 13.9. The van der Waals surface area contributed by atoms with Crippen molar-refractivity contribution in [2.24, 2.45) is 0 Å². The highest BCUT2D eigenvalue weighted by molar-refractivity contribution is 5.43. The summed E-state index contributed by atoms with van der Waals surface area (Å²) in [5.74, 6) is 3.27. The van der Waals surface area contributed by atoms with E-state index in [1.807, 2.05) is 55.7 Å². The van der Waals surface area contributed by atoms with E-state index in [0.29, 0.717) is 32.1 Å². The second-order valence-corrected chi connectivity index (χ2v) is 9.67. The third kappa shape index (κ3) is 7.71. The van der Waals surface area contributed by atoms with Gasteiger partial charge in [-0.3, -0.25) is 4.90 Å². The molecule has 0 amide bonds. The lowest BCUT2D eigenvalue weighted by atomic mass is 10.1. The molecule has 1 fully saturated rings. The van der Waals surface area contributed by atoms with Crippen LogP contribution in [0.2, 0.25) is 0 Å². The number of β-amino-alcohol motifs (C(OH)–C–C–N with tert-alkyl or cyclic N) is 1. The van der Waals surface area contributed by atoms with Crippen molar-refractivity contribution < 1.29 is 24.1 Å². The Hall–Kier alpha value is -3.07. The van der Waals surface area contributed by atoms with Gasteiger partial charge in [0.1, 0.15) is 23.8 Å². The first kappa shape index (κ1) is 27.0. The second-order valence-electron chi connectivity index (χ2n) is 9.67. The predicted molar refractivity (Wildman–Crippen MR) is 142 cm³/mol. The molecule has 37 heavy (non-hydrogen) atoms. The average molecular weight is 510 g/mol. The van der Waals surface area contributed by atoms with Crippen LogP contribution in [0.5, 0.6) is 17.2 Å². The Labute approximate surface area is 219 Å². The van der Waals surface area contributed by atoms with Gasteiger partial charge in [-0.15, -0.1) is 0 Å². The van der Waals surface area contributed by atoms with Crippen LogP contribution in [-0.2, 0) is 24.2 Å². The summed E-state index contributed by atoms with van der Waals surface area (Å²) in [5, 5.41) is 11.2. The quantitative estimate of drug-likeness (QED) is 0.371. The number of aromatic nitrogens is 2. The maximum atomic E-state index is 11.2. The van der Waals surface area contributed by atoms with Crippen LogP contribution in [0.25, 0.3) is 0 Å². The molecule has 0 bridgehead atoms. The van der Waals surface area contributed by atoms with Crippen molar-refractivity contribution in [3.63, 3.8) is 0 Å². The van der Waals surface area contributed by atoms with E-state index in [2.05, 4.69) is 27.4 Å². The molecule has 1 unspecified atom stereocenters. The summed E-state index contributed by atoms with van der Waals surface area (Å²) in [7, 11) is 1.66. The first-order valence-corrected chi connectivity index (χ1v) is 13.0. The van der Waals surface area contributed by atoms with E-state index in [1.54, 1.807) is 7.11 Å². The van der Waals surface area contributed by atoms with E-state index in [4.69, 9.17) is 18.9 Å². The average Bonchev–Trinajstić information content (AvgIpc) is 3.28. The van der Waals surface area contributed by atoms with Gasteiger partial charge in [0.05, 0.1) is 26.9 Å². The van der Waals surface area contributed by atoms with Gasteiger partial charge in [-0.25, -0.2) is 4.98 Å². The monoisotopic (exact) mass is 509 g/mol. The molecule has 1 aromatic heterocycles. The van der Waals surface area contributed by atoms with Crippen LogP contribution < -0.4 is 14.2 Å². The second kappa shape index (κ2) is 12.9. The maximum Gasteiger partial charge on any atom is 0.161 e. The Balaban J connectivity index is 1.31. The Morgan fingerprint density at radius 1 is 1.11 bits per heavy atom. The minimum atomic E-state index is -1.10. The van der Waals surface area contributed by atoms with Gasteiger partial charge in [0.2, 0.25) is 0 Å². The normalized spacial score (nSPS) is 18.4. The molecule has 1 saturated heterocycles. The Kier molecular flexibility index (Phi) is 9.44. The van der Waals surface area contributed by atoms with Gasteiger partial charge < -0.3 is 28.6 Å². The fourth-order valence-corrected chi connectivity index (χ4v) is 4.53. The molecule has 2 aromatic carbocycles. The van der Waals surface area contributed by atoms with Gasteiger partial charge in [-0.2, -0.15) is 0 Å². The molecule has 3 aromatic rings. The summed E-state index contributed by atoms with van der Waals surface area (Å²) in [6.07, 6.45) is 5.66. The fourth-order valence-electron chi connectivity index (χ4n) is 4.53. The van der Waals surface area contributed by atoms with Crippen LogP contribution in [-0.4, -0.2) is 71.8 Å². The van der Waals surface area contributed by atoms with Gasteiger partial charge in [0.25, 0.3) is 0 Å². The Morgan fingerprint density at radius 2 is 1.95 bits per heavy atom. The number of hydrogen-bond donors (Lipinski definition) is 1. The molecular formula is C29H39N3O5. The van der Waals surface area contributed by atoms with E-state index >= 15 is 0 Å². The van der Waals surface area contributed by atoms with Gasteiger partial charge >= 0.3 is 0 Å². The highest BCUT2D eigenvalue weighted by atomic mass is 16.5. The number of methoxy groups -OCH3 is 1. The number of ether oxygens (including phenoxy) is 4. The van der Waals surface area contributed by atoms with E-state index in [0.717, 1.165) is 48.8 Å². The SMILES string of the molecule is CCc1nccn1CCCOc1ccc(CN2CCOCC(O)(COc3ccc(C)cc3)C2)cc1OC. The van der Waals surface area contributed by atoms with Crippen LogP contribution in [0.15, 0.2) is 54.9 Å². The number of hydrogen-bond acceptors (Lipinski definition) is 7. The molecule has 1 atom stereocenters. The van der Waals surface area contributed by atoms with Crippen LogP contribution in [0.1, 0.15) is 30.3 Å². The Morgan fingerprint density at radius 3 is 2.73 bits per heavy atom. The lowest BCUT2D eigenvalue weighted by molar-refractivity contribution is -0.0646. The van der Waals surface area contributed by atoms with Gasteiger partial charge in [0.15, 0.2) is 11.5 Å². The zero-order valence-electron chi connectivity index (χ0n) is 22.2. The number of nitrogens with zero attached hydrogens (tertiary/aromatic N) is 3. The smallest absolute Gasteiger partial charge is 0.161 e. The molecule has 1 aliphatic rings. The van der Waals surface area contributed by atoms with Crippen LogP contribution in [0, 0.1) is 6.92 Å². The van der Waals surface area contributed by atoms with Crippen molar-refractivity contribution in [2.45, 2.75) is 45.4 Å². The predicted octanol–water partition coefficient (Wildman–Crippen LogP) is 3.87. The molecule has 1 N–H and O–H groups in total. The molecule has 4 rings (SSSR count). The van der Waals surface area contributed by atoms with Gasteiger partial charge in [0, 0.05) is 45.0 Å². The third-order valence-electron chi connectivity index (χ3n) is 6.52. The molecular weight excluding hydrogens is 470 g/mol. The summed E-state index contributed by atoms with van der Waals surface area (Å²) < 4.78 is 25.4. The lowest BCUT2D eigenvalue weighted by Crippen LogP contribution is -2.48. The molecule has 0 spiro atoms. The molecule has 2 heterocycles. The highest BCUT2D eigenvalue weighted by Gasteiger charge is 2.33. The molecule has 8 heteroatoms. The summed E-state index contributed by atoms with van der Waals surface area (Å²) in [5.41, 5.74) is 1.15. The number of aliphatic hydroxyl groups is 1. The zero-order valence-corrected chi connectivity index (χ0v) is 22.2. The molecule has 8 nitrogen and oxygen atoms in total. The summed E-state index contributed by atoms with van der Waals surface area (Å²) >= 11 is 0. The van der Waals surface area contributed by atoms with Crippen molar-refractivity contribution in [3.05, 3.63) is 71.8 Å². The van der Waals surface area contributed by atoms with E-state index in [1.165, 1.54) is 5.56 Å². The lowest BCUT2D eigenvalue weighted by Gasteiger charge is -2.30. The first-order chi connectivity index (χ1) is 18.0. The molecule has 0 aliphatic carbocycles. The van der Waals surface area contributed by atoms with E-state index in [-0.39, 0.29) is 13.2 Å². The van der Waals surface area contributed by atoms with Crippen molar-refractivity contribution >= 4 is 0 Å². The van der Waals surface area contributed by atoms with Crippen molar-refractivity contribution in [3.8, 4) is 17.2 Å². The Bertz CT molecular complexity index is 1120. The summed E-state index contributed by atoms with van der Waals surface area (Å²) in [4.78, 5) is 6.56. The first-order valence-electron chi connectivity index (χ1n) is 13.0. The fraction of sp³-hybridized carbons (Fsp3) is 0.483. The zero-order chi connectivity index (χ0) is 26.1. The van der Waals surface area contributed by atoms with Crippen LogP contribution >= 0.6 is 0 Å². The largest absolute Gasteiger partial charge is 0.493 e. The van der Waals surface area contributed by atoms with E-state index in [9.17, 15) is 5.11 Å². The molecule has 0 saturated carbocycles. The highest BCUT2D eigenvalue weighted by Crippen LogP contribution is 2.29. The van der Waals surface area contributed by atoms with Crippen molar-refractivity contribution in [1.82, 2.24) is 14.5 Å². The number of aryl methyl sites for hydroxylation is 3. The summed E-state index contributed by atoms with van der Waals surface area (Å²) in [6.45, 7) is 8.41. The number of benzene rings is 2. The van der Waals surface area contributed by atoms with Crippen LogP contribution in [0.3, 0.4) is 0 Å². The van der Waals surface area contributed by atoms with Crippen molar-refractivity contribution in [2.75, 3.05) is 46.6 Å². The topological polar surface area (TPSA) is 78.2 Å². The third-order valence-corrected chi connectivity index (χ3v) is 6.52. The number of imidazole rings is 1. The minimum Gasteiger partial charge on any atom is -0.493 e. The minimum absolute atomic E-state index is 0.168. The maximum absolute atomic E-state index is 11.2. The number of rotatable bonds is 12. The van der Waals surface area contributed by atoms with Crippen LogP contribution in [0.4, 0.5) is 0 Å². The van der Waals surface area contributed by atoms with Gasteiger partial charge in [-0.1, -0.05) is 30.7 Å². The molecule has 200 valence electrons. The van der Waals surface area contributed by atoms with E-state index < -0.39 is 5.60 Å². The van der Waals surface area contributed by atoms with Crippen molar-refractivity contribution in [1.29, 1.82) is 0 Å². The molecule has 1 aliphatic heterocycles. The molecule has 0 radical (unpaired) electrons. The van der Waals surface area contributed by atoms with Gasteiger partial charge in [-0.05, 0) is 43.2 Å².